The third kappa shape index (κ3) is 4.52. The van der Waals surface area contributed by atoms with Crippen LogP contribution < -0.4 is 20.1 Å². The molecule has 3 aromatic rings. The molecule has 134 valence electrons. The molecule has 0 aliphatic heterocycles. The minimum atomic E-state index is -0.145. The average molecular weight is 369 g/mol. The summed E-state index contributed by atoms with van der Waals surface area (Å²) in [5.41, 5.74) is 2.32. The van der Waals surface area contributed by atoms with Gasteiger partial charge >= 0.3 is 0 Å². The number of benzene rings is 2. The Morgan fingerprint density at radius 1 is 1.04 bits per heavy atom. The molecule has 0 spiro atoms. The maximum Gasteiger partial charge on any atom is 0.230 e. The van der Waals surface area contributed by atoms with E-state index in [1.54, 1.807) is 32.4 Å². The third-order valence-corrected chi connectivity index (χ3v) is 4.39. The van der Waals surface area contributed by atoms with Crippen molar-refractivity contribution in [2.75, 3.05) is 24.9 Å². The monoisotopic (exact) mass is 369 g/mol. The molecule has 0 bridgehead atoms. The molecule has 0 radical (unpaired) electrons. The number of nitrogens with zero attached hydrogens (tertiary/aromatic N) is 1. The number of carbonyl (C=O) groups is 1. The van der Waals surface area contributed by atoms with E-state index < -0.39 is 0 Å². The molecule has 0 atom stereocenters. The molecule has 1 amide bonds. The van der Waals surface area contributed by atoms with Crippen molar-refractivity contribution in [3.63, 3.8) is 0 Å². The number of nitrogens with one attached hydrogen (secondary N) is 2. The van der Waals surface area contributed by atoms with Gasteiger partial charge in [-0.15, -0.1) is 11.3 Å². The maximum atomic E-state index is 12.3. The number of thiazole rings is 1. The quantitative estimate of drug-likeness (QED) is 0.656. The van der Waals surface area contributed by atoms with Crippen LogP contribution in [-0.2, 0) is 11.2 Å². The van der Waals surface area contributed by atoms with Crippen molar-refractivity contribution < 1.29 is 14.3 Å². The van der Waals surface area contributed by atoms with Gasteiger partial charge in [0, 0.05) is 22.8 Å². The number of ether oxygens (including phenoxy) is 2. The Hall–Kier alpha value is -3.06. The van der Waals surface area contributed by atoms with Crippen LogP contribution in [0.1, 0.15) is 5.69 Å². The fraction of sp³-hybridized carbons (Fsp3) is 0.158. The Kier molecular flexibility index (Phi) is 5.70. The smallest absolute Gasteiger partial charge is 0.230 e. The lowest BCUT2D eigenvalue weighted by molar-refractivity contribution is -0.115. The number of hydrogen-bond acceptors (Lipinski definition) is 6. The van der Waals surface area contributed by atoms with E-state index in [1.807, 2.05) is 35.7 Å². The van der Waals surface area contributed by atoms with E-state index >= 15 is 0 Å². The summed E-state index contributed by atoms with van der Waals surface area (Å²) in [6, 6.07) is 15.0. The molecule has 2 N–H and O–H groups in total. The topological polar surface area (TPSA) is 72.5 Å². The second-order valence-electron chi connectivity index (χ2n) is 5.43. The highest BCUT2D eigenvalue weighted by atomic mass is 32.1. The lowest BCUT2D eigenvalue weighted by Gasteiger charge is -2.10. The van der Waals surface area contributed by atoms with E-state index in [-0.39, 0.29) is 12.3 Å². The van der Waals surface area contributed by atoms with Crippen LogP contribution >= 0.6 is 11.3 Å². The molecule has 0 saturated carbocycles. The standard InChI is InChI=1S/C19H19N3O3S/c1-24-16-9-8-14(10-17(16)25-2)20-18(23)11-15-12-26-19(22-15)21-13-6-4-3-5-7-13/h3-10,12H,11H2,1-2H3,(H,20,23)(H,21,22). The lowest BCUT2D eigenvalue weighted by Crippen LogP contribution is -2.14. The molecule has 7 heteroatoms. The van der Waals surface area contributed by atoms with Crippen LogP contribution in [0.25, 0.3) is 0 Å². The Balaban J connectivity index is 1.60. The molecule has 3 rings (SSSR count). The van der Waals surface area contributed by atoms with Crippen molar-refractivity contribution in [3.8, 4) is 11.5 Å². The minimum Gasteiger partial charge on any atom is -0.493 e. The summed E-state index contributed by atoms with van der Waals surface area (Å²) >= 11 is 1.46. The summed E-state index contributed by atoms with van der Waals surface area (Å²) in [5.74, 6) is 1.03. The maximum absolute atomic E-state index is 12.3. The first-order chi connectivity index (χ1) is 12.7. The van der Waals surface area contributed by atoms with Gasteiger partial charge in [-0.05, 0) is 24.3 Å². The number of methoxy groups -OCH3 is 2. The summed E-state index contributed by atoms with van der Waals surface area (Å²) in [5, 5.41) is 8.69. The fourth-order valence-electron chi connectivity index (χ4n) is 2.37. The van der Waals surface area contributed by atoms with Gasteiger partial charge in [0.1, 0.15) is 0 Å². The summed E-state index contributed by atoms with van der Waals surface area (Å²) < 4.78 is 10.4. The number of amides is 1. The highest BCUT2D eigenvalue weighted by Crippen LogP contribution is 2.29. The van der Waals surface area contributed by atoms with E-state index in [4.69, 9.17) is 9.47 Å². The first-order valence-corrected chi connectivity index (χ1v) is 8.84. The van der Waals surface area contributed by atoms with Crippen molar-refractivity contribution in [2.24, 2.45) is 0 Å². The van der Waals surface area contributed by atoms with Gasteiger partial charge < -0.3 is 20.1 Å². The van der Waals surface area contributed by atoms with Gasteiger partial charge in [-0.3, -0.25) is 4.79 Å². The fourth-order valence-corrected chi connectivity index (χ4v) is 3.10. The Bertz CT molecular complexity index is 881. The van der Waals surface area contributed by atoms with Gasteiger partial charge in [0.05, 0.1) is 26.3 Å². The molecule has 26 heavy (non-hydrogen) atoms. The number of rotatable bonds is 7. The zero-order chi connectivity index (χ0) is 18.4. The second-order valence-corrected chi connectivity index (χ2v) is 6.29. The van der Waals surface area contributed by atoms with Gasteiger partial charge in [0.2, 0.25) is 5.91 Å². The predicted octanol–water partition coefficient (Wildman–Crippen LogP) is 4.09. The number of anilines is 3. The van der Waals surface area contributed by atoms with Gasteiger partial charge in [-0.2, -0.15) is 0 Å². The largest absolute Gasteiger partial charge is 0.493 e. The van der Waals surface area contributed by atoms with Crippen molar-refractivity contribution in [1.82, 2.24) is 4.98 Å². The molecular formula is C19H19N3O3S. The molecule has 0 unspecified atom stereocenters. The highest BCUT2D eigenvalue weighted by Gasteiger charge is 2.10. The van der Waals surface area contributed by atoms with E-state index in [2.05, 4.69) is 15.6 Å². The van der Waals surface area contributed by atoms with Gasteiger partial charge in [-0.25, -0.2) is 4.98 Å². The molecule has 1 aromatic heterocycles. The second kappa shape index (κ2) is 8.35. The molecule has 0 fully saturated rings. The molecule has 0 aliphatic rings. The Labute approximate surface area is 155 Å². The average Bonchev–Trinajstić information content (AvgIpc) is 3.09. The van der Waals surface area contributed by atoms with Crippen molar-refractivity contribution in [1.29, 1.82) is 0 Å². The Morgan fingerprint density at radius 2 is 1.81 bits per heavy atom. The summed E-state index contributed by atoms with van der Waals surface area (Å²) in [6.45, 7) is 0. The molecule has 0 aliphatic carbocycles. The molecule has 2 aromatic carbocycles. The van der Waals surface area contributed by atoms with Crippen LogP contribution in [0.2, 0.25) is 0 Å². The number of hydrogen-bond donors (Lipinski definition) is 2. The van der Waals surface area contributed by atoms with Gasteiger partial charge in [0.15, 0.2) is 16.6 Å². The zero-order valence-corrected chi connectivity index (χ0v) is 15.3. The summed E-state index contributed by atoms with van der Waals surface area (Å²) in [7, 11) is 3.12. The van der Waals surface area contributed by atoms with Crippen molar-refractivity contribution >= 4 is 33.8 Å². The lowest BCUT2D eigenvalue weighted by atomic mass is 10.2. The van der Waals surface area contributed by atoms with Crippen LogP contribution in [0.5, 0.6) is 11.5 Å². The van der Waals surface area contributed by atoms with Crippen LogP contribution in [0.3, 0.4) is 0 Å². The SMILES string of the molecule is COc1ccc(NC(=O)Cc2csc(Nc3ccccc3)n2)cc1OC. The van der Waals surface area contributed by atoms with Crippen LogP contribution in [0, 0.1) is 0 Å². The van der Waals surface area contributed by atoms with E-state index in [1.165, 1.54) is 11.3 Å². The predicted molar refractivity (Wildman–Crippen MR) is 104 cm³/mol. The molecule has 6 nitrogen and oxygen atoms in total. The first-order valence-electron chi connectivity index (χ1n) is 7.96. The van der Waals surface area contributed by atoms with Crippen molar-refractivity contribution in [2.45, 2.75) is 6.42 Å². The highest BCUT2D eigenvalue weighted by molar-refractivity contribution is 7.13. The first kappa shape index (κ1) is 17.8. The van der Waals surface area contributed by atoms with E-state index in [9.17, 15) is 4.79 Å². The summed E-state index contributed by atoms with van der Waals surface area (Å²) in [4.78, 5) is 16.7. The van der Waals surface area contributed by atoms with Gasteiger partial charge in [-0.1, -0.05) is 18.2 Å². The van der Waals surface area contributed by atoms with Crippen LogP contribution in [0.4, 0.5) is 16.5 Å². The van der Waals surface area contributed by atoms with E-state index in [0.717, 1.165) is 10.8 Å². The van der Waals surface area contributed by atoms with Crippen LogP contribution in [-0.4, -0.2) is 25.1 Å². The van der Waals surface area contributed by atoms with E-state index in [0.29, 0.717) is 22.9 Å². The summed E-state index contributed by atoms with van der Waals surface area (Å²) in [6.07, 6.45) is 0.196. The zero-order valence-electron chi connectivity index (χ0n) is 14.5. The number of aromatic nitrogens is 1. The van der Waals surface area contributed by atoms with Crippen molar-refractivity contribution in [3.05, 3.63) is 59.6 Å². The molecule has 0 saturated heterocycles. The van der Waals surface area contributed by atoms with Gasteiger partial charge in [0.25, 0.3) is 0 Å². The van der Waals surface area contributed by atoms with Crippen LogP contribution in [0.15, 0.2) is 53.9 Å². The molecular weight excluding hydrogens is 350 g/mol. The number of para-hydroxylation sites is 1. The third-order valence-electron chi connectivity index (χ3n) is 3.59. The normalized spacial score (nSPS) is 10.2. The minimum absolute atomic E-state index is 0.145. The Morgan fingerprint density at radius 3 is 2.54 bits per heavy atom. The molecule has 1 heterocycles. The number of carbonyl (C=O) groups excluding carboxylic acids is 1.